The Morgan fingerprint density at radius 3 is 2.50 bits per heavy atom. The fraction of sp³-hybridized carbons (Fsp3) is 0.100. The number of thiazole rings is 1. The summed E-state index contributed by atoms with van der Waals surface area (Å²) in [5.41, 5.74) is 0.0609. The van der Waals surface area contributed by atoms with E-state index < -0.39 is 23.2 Å². The number of hydrogen-bond acceptors (Lipinski definition) is 5. The van der Waals surface area contributed by atoms with Gasteiger partial charge in [-0.25, -0.2) is 9.97 Å². The predicted octanol–water partition coefficient (Wildman–Crippen LogP) is 4.18. The number of amides is 1. The van der Waals surface area contributed by atoms with Crippen molar-refractivity contribution in [3.8, 4) is 11.3 Å². The molecule has 2 aromatic heterocycles. The Balaban J connectivity index is 1.47. The highest BCUT2D eigenvalue weighted by molar-refractivity contribution is 7.22. The van der Waals surface area contributed by atoms with Crippen LogP contribution in [-0.2, 0) is 17.5 Å². The van der Waals surface area contributed by atoms with Crippen molar-refractivity contribution in [1.82, 2.24) is 14.5 Å². The third-order valence-electron chi connectivity index (χ3n) is 4.24. The number of rotatable bonds is 4. The maximum atomic E-state index is 12.7. The number of halogens is 3. The summed E-state index contributed by atoms with van der Waals surface area (Å²) in [5.74, 6) is -0.444. The number of carbonyl (C=O) groups is 1. The Bertz CT molecular complexity index is 1250. The lowest BCUT2D eigenvalue weighted by Crippen LogP contribution is -2.27. The molecule has 0 atom stereocenters. The van der Waals surface area contributed by atoms with E-state index in [1.807, 2.05) is 24.3 Å². The van der Waals surface area contributed by atoms with E-state index in [1.54, 1.807) is 0 Å². The zero-order valence-corrected chi connectivity index (χ0v) is 16.0. The van der Waals surface area contributed by atoms with Gasteiger partial charge in [0.25, 0.3) is 5.56 Å². The molecular weight excluding hydrogens is 417 g/mol. The SMILES string of the molecule is O=C(Cn1cnc(-c2ccc(C(F)(F)F)cc2)cc1=O)Nc1nc2ccccc2s1. The van der Waals surface area contributed by atoms with Gasteiger partial charge < -0.3 is 5.32 Å². The van der Waals surface area contributed by atoms with Crippen LogP contribution in [0.5, 0.6) is 0 Å². The molecule has 2 heterocycles. The van der Waals surface area contributed by atoms with E-state index in [4.69, 9.17) is 0 Å². The number of benzene rings is 2. The molecule has 152 valence electrons. The van der Waals surface area contributed by atoms with Crippen LogP contribution in [0.4, 0.5) is 18.3 Å². The maximum absolute atomic E-state index is 12.7. The molecule has 0 bridgehead atoms. The van der Waals surface area contributed by atoms with Crippen molar-refractivity contribution in [3.05, 3.63) is 76.8 Å². The van der Waals surface area contributed by atoms with Crippen molar-refractivity contribution >= 4 is 32.6 Å². The summed E-state index contributed by atoms with van der Waals surface area (Å²) >= 11 is 1.32. The molecule has 0 aliphatic heterocycles. The minimum atomic E-state index is -4.44. The van der Waals surface area contributed by atoms with Crippen LogP contribution in [0.25, 0.3) is 21.5 Å². The fourth-order valence-corrected chi connectivity index (χ4v) is 3.65. The van der Waals surface area contributed by atoms with Crippen LogP contribution in [0.2, 0.25) is 0 Å². The first-order valence-electron chi connectivity index (χ1n) is 8.69. The molecule has 4 rings (SSSR count). The number of para-hydroxylation sites is 1. The van der Waals surface area contributed by atoms with E-state index in [9.17, 15) is 22.8 Å². The van der Waals surface area contributed by atoms with Gasteiger partial charge in [-0.1, -0.05) is 35.6 Å². The molecular formula is C20H13F3N4O2S. The maximum Gasteiger partial charge on any atom is 0.416 e. The van der Waals surface area contributed by atoms with Crippen LogP contribution in [-0.4, -0.2) is 20.4 Å². The van der Waals surface area contributed by atoms with Crippen molar-refractivity contribution in [2.45, 2.75) is 12.7 Å². The Kier molecular flexibility index (Phi) is 5.08. The molecule has 2 aromatic carbocycles. The zero-order chi connectivity index (χ0) is 21.3. The quantitative estimate of drug-likeness (QED) is 0.527. The summed E-state index contributed by atoms with van der Waals surface area (Å²) in [6, 6.07) is 12.9. The second-order valence-corrected chi connectivity index (χ2v) is 7.38. The van der Waals surface area contributed by atoms with Crippen molar-refractivity contribution in [2.24, 2.45) is 0 Å². The minimum Gasteiger partial charge on any atom is -0.300 e. The van der Waals surface area contributed by atoms with Gasteiger partial charge in [0.15, 0.2) is 5.13 Å². The topological polar surface area (TPSA) is 76.9 Å². The van der Waals surface area contributed by atoms with E-state index in [0.29, 0.717) is 10.7 Å². The highest BCUT2D eigenvalue weighted by Gasteiger charge is 2.30. The first kappa shape index (κ1) is 19.8. The Labute approximate surface area is 171 Å². The van der Waals surface area contributed by atoms with Crippen LogP contribution in [0.1, 0.15) is 5.56 Å². The highest BCUT2D eigenvalue weighted by atomic mass is 32.1. The van der Waals surface area contributed by atoms with Crippen LogP contribution >= 0.6 is 11.3 Å². The number of carbonyl (C=O) groups excluding carboxylic acids is 1. The smallest absolute Gasteiger partial charge is 0.300 e. The molecule has 0 radical (unpaired) electrons. The van der Waals surface area contributed by atoms with Crippen LogP contribution in [0.3, 0.4) is 0 Å². The van der Waals surface area contributed by atoms with Gasteiger partial charge in [-0.05, 0) is 24.3 Å². The third-order valence-corrected chi connectivity index (χ3v) is 5.19. The van der Waals surface area contributed by atoms with Gasteiger partial charge in [0, 0.05) is 11.6 Å². The first-order valence-corrected chi connectivity index (χ1v) is 9.51. The lowest BCUT2D eigenvalue weighted by molar-refractivity contribution is -0.137. The molecule has 10 heteroatoms. The monoisotopic (exact) mass is 430 g/mol. The molecule has 0 saturated carbocycles. The normalized spacial score (nSPS) is 11.6. The van der Waals surface area contributed by atoms with Crippen molar-refractivity contribution in [3.63, 3.8) is 0 Å². The van der Waals surface area contributed by atoms with Gasteiger partial charge in [0.2, 0.25) is 5.91 Å². The van der Waals surface area contributed by atoms with Crippen molar-refractivity contribution in [1.29, 1.82) is 0 Å². The summed E-state index contributed by atoms with van der Waals surface area (Å²) < 4.78 is 40.0. The van der Waals surface area contributed by atoms with E-state index in [0.717, 1.165) is 26.9 Å². The molecule has 4 aromatic rings. The largest absolute Gasteiger partial charge is 0.416 e. The standard InChI is InChI=1S/C20H13F3N4O2S/c21-20(22,23)13-7-5-12(6-8-13)15-9-18(29)27(11-24-15)10-17(28)26-19-25-14-3-1-2-4-16(14)30-19/h1-9,11H,10H2,(H,25,26,28). The van der Waals surface area contributed by atoms with Crippen LogP contribution in [0, 0.1) is 0 Å². The van der Waals surface area contributed by atoms with Gasteiger partial charge in [-0.2, -0.15) is 13.2 Å². The molecule has 0 unspecified atom stereocenters. The lowest BCUT2D eigenvalue weighted by Gasteiger charge is -2.08. The third kappa shape index (κ3) is 4.23. The molecule has 6 nitrogen and oxygen atoms in total. The van der Waals surface area contributed by atoms with Gasteiger partial charge in [-0.3, -0.25) is 14.2 Å². The number of alkyl halides is 3. The minimum absolute atomic E-state index is 0.219. The number of aromatic nitrogens is 3. The highest BCUT2D eigenvalue weighted by Crippen LogP contribution is 2.30. The number of hydrogen-bond donors (Lipinski definition) is 1. The molecule has 0 saturated heterocycles. The van der Waals surface area contributed by atoms with E-state index in [2.05, 4.69) is 15.3 Å². The Hall–Kier alpha value is -3.53. The van der Waals surface area contributed by atoms with E-state index >= 15 is 0 Å². The van der Waals surface area contributed by atoms with Crippen molar-refractivity contribution < 1.29 is 18.0 Å². The summed E-state index contributed by atoms with van der Waals surface area (Å²) in [5, 5.41) is 3.07. The predicted molar refractivity (Wildman–Crippen MR) is 107 cm³/mol. The van der Waals surface area contributed by atoms with Crippen molar-refractivity contribution in [2.75, 3.05) is 5.32 Å². The summed E-state index contributed by atoms with van der Waals surface area (Å²) in [6.45, 7) is -0.269. The second-order valence-electron chi connectivity index (χ2n) is 6.35. The molecule has 1 N–H and O–H groups in total. The summed E-state index contributed by atoms with van der Waals surface area (Å²) in [6.07, 6.45) is -3.25. The zero-order valence-electron chi connectivity index (χ0n) is 15.2. The molecule has 0 spiro atoms. The Morgan fingerprint density at radius 2 is 1.83 bits per heavy atom. The van der Waals surface area contributed by atoms with Crippen LogP contribution in [0.15, 0.2) is 65.7 Å². The molecule has 0 fully saturated rings. The van der Waals surface area contributed by atoms with Gasteiger partial charge in [0.05, 0.1) is 27.8 Å². The number of anilines is 1. The lowest BCUT2D eigenvalue weighted by atomic mass is 10.1. The number of nitrogens with zero attached hydrogens (tertiary/aromatic N) is 3. The second kappa shape index (κ2) is 7.71. The fourth-order valence-electron chi connectivity index (χ4n) is 2.77. The van der Waals surface area contributed by atoms with Gasteiger partial charge >= 0.3 is 6.18 Å². The first-order chi connectivity index (χ1) is 14.3. The van der Waals surface area contributed by atoms with Crippen LogP contribution < -0.4 is 10.9 Å². The average Bonchev–Trinajstić information content (AvgIpc) is 3.11. The van der Waals surface area contributed by atoms with Gasteiger partial charge in [-0.15, -0.1) is 0 Å². The number of nitrogens with one attached hydrogen (secondary N) is 1. The Morgan fingerprint density at radius 1 is 1.10 bits per heavy atom. The molecule has 0 aliphatic rings. The summed E-state index contributed by atoms with van der Waals surface area (Å²) in [4.78, 5) is 33.0. The molecule has 0 aliphatic carbocycles. The molecule has 30 heavy (non-hydrogen) atoms. The van der Waals surface area contributed by atoms with E-state index in [-0.39, 0.29) is 12.2 Å². The van der Waals surface area contributed by atoms with E-state index in [1.165, 1.54) is 35.9 Å². The van der Waals surface area contributed by atoms with Gasteiger partial charge in [0.1, 0.15) is 6.54 Å². The average molecular weight is 430 g/mol. The number of fused-ring (bicyclic) bond motifs is 1. The summed E-state index contributed by atoms with van der Waals surface area (Å²) in [7, 11) is 0. The molecule has 1 amide bonds.